The molecule has 30 heavy (non-hydrogen) atoms. The van der Waals surface area contributed by atoms with Gasteiger partial charge in [0.2, 0.25) is 0 Å². The molecule has 0 radical (unpaired) electrons. The van der Waals surface area contributed by atoms with E-state index < -0.39 is 0 Å². The Morgan fingerprint density at radius 1 is 1.00 bits per heavy atom. The van der Waals surface area contributed by atoms with Crippen molar-refractivity contribution in [1.29, 1.82) is 0 Å². The maximum atomic E-state index is 12.6. The van der Waals surface area contributed by atoms with Crippen molar-refractivity contribution in [3.8, 4) is 5.75 Å². The molecule has 2 aromatic carbocycles. The molecule has 2 aromatic heterocycles. The number of aromatic nitrogens is 2. The van der Waals surface area contributed by atoms with Gasteiger partial charge in [-0.2, -0.15) is 0 Å². The number of carbonyl (C=O) groups excluding carboxylic acids is 2. The number of hydrogen-bond donors (Lipinski definition) is 0. The van der Waals surface area contributed by atoms with Crippen LogP contribution in [0.5, 0.6) is 5.75 Å². The molecule has 1 amide bonds. The van der Waals surface area contributed by atoms with Crippen LogP contribution in [0, 0.1) is 0 Å². The predicted molar refractivity (Wildman–Crippen MR) is 115 cm³/mol. The Balaban J connectivity index is 1.52. The lowest BCUT2D eigenvalue weighted by Gasteiger charge is -2.12. The average Bonchev–Trinajstić information content (AvgIpc) is 3.20. The Kier molecular flexibility index (Phi) is 5.30. The first-order valence-electron chi connectivity index (χ1n) is 9.52. The lowest BCUT2D eigenvalue weighted by molar-refractivity contribution is 0.103. The fraction of sp³-hybridized carbons (Fsp3) is 0.125. The van der Waals surface area contributed by atoms with Gasteiger partial charge in [0.05, 0.1) is 5.52 Å². The summed E-state index contributed by atoms with van der Waals surface area (Å²) in [5, 5.41) is 0.960. The quantitative estimate of drug-likeness (QED) is 0.467. The Morgan fingerprint density at radius 3 is 2.60 bits per heavy atom. The molecule has 4 aromatic rings. The number of fused-ring (bicyclic) bond motifs is 1. The number of amides is 1. The van der Waals surface area contributed by atoms with E-state index in [0.717, 1.165) is 16.5 Å². The molecular formula is C24H21N3O3. The van der Waals surface area contributed by atoms with Gasteiger partial charge in [-0.05, 0) is 42.0 Å². The molecule has 0 saturated carbocycles. The number of nitrogens with zero attached hydrogens (tertiary/aromatic N) is 3. The number of ketones is 1. The molecular weight excluding hydrogens is 378 g/mol. The van der Waals surface area contributed by atoms with Gasteiger partial charge in [0, 0.05) is 55.3 Å². The minimum absolute atomic E-state index is 0.0774. The van der Waals surface area contributed by atoms with Gasteiger partial charge < -0.3 is 9.64 Å². The Bertz CT molecular complexity index is 1210. The summed E-state index contributed by atoms with van der Waals surface area (Å²) in [6, 6.07) is 18.3. The monoisotopic (exact) mass is 399 g/mol. The summed E-state index contributed by atoms with van der Waals surface area (Å²) in [5.74, 6) is 0.574. The highest BCUT2D eigenvalue weighted by Crippen LogP contribution is 2.23. The van der Waals surface area contributed by atoms with Crippen molar-refractivity contribution < 1.29 is 14.3 Å². The number of rotatable bonds is 5. The van der Waals surface area contributed by atoms with Gasteiger partial charge in [0.15, 0.2) is 5.78 Å². The predicted octanol–water partition coefficient (Wildman–Crippen LogP) is 4.38. The summed E-state index contributed by atoms with van der Waals surface area (Å²) in [6.45, 7) is 0.308. The molecule has 0 aliphatic carbocycles. The van der Waals surface area contributed by atoms with E-state index in [1.165, 1.54) is 4.90 Å². The second-order valence-electron chi connectivity index (χ2n) is 7.14. The van der Waals surface area contributed by atoms with Gasteiger partial charge in [-0.15, -0.1) is 0 Å². The standard InChI is InChI=1S/C24H21N3O3/c1-26(2)24(29)27-12-10-18-8-9-21(14-22(18)27)30-16-17-5-3-6-19(13-17)23(28)20-7-4-11-25-15-20/h3-15H,16H2,1-2H3. The van der Waals surface area contributed by atoms with Crippen LogP contribution in [-0.2, 0) is 6.61 Å². The number of carbonyl (C=O) groups is 2. The van der Waals surface area contributed by atoms with Crippen molar-refractivity contribution in [2.45, 2.75) is 6.61 Å². The van der Waals surface area contributed by atoms with Gasteiger partial charge in [-0.3, -0.25) is 14.3 Å². The Morgan fingerprint density at radius 2 is 1.83 bits per heavy atom. The van der Waals surface area contributed by atoms with Crippen LogP contribution in [-0.4, -0.2) is 40.4 Å². The first-order chi connectivity index (χ1) is 14.5. The minimum atomic E-state index is -0.122. The summed E-state index contributed by atoms with van der Waals surface area (Å²) in [6.07, 6.45) is 4.95. The number of hydrogen-bond acceptors (Lipinski definition) is 4. The second-order valence-corrected chi connectivity index (χ2v) is 7.14. The molecule has 0 spiro atoms. The fourth-order valence-corrected chi connectivity index (χ4v) is 3.21. The van der Waals surface area contributed by atoms with E-state index in [1.54, 1.807) is 55.5 Å². The van der Waals surface area contributed by atoms with Crippen molar-refractivity contribution in [3.63, 3.8) is 0 Å². The number of benzene rings is 2. The Hall–Kier alpha value is -3.93. The minimum Gasteiger partial charge on any atom is -0.489 e. The zero-order valence-corrected chi connectivity index (χ0v) is 16.8. The summed E-state index contributed by atoms with van der Waals surface area (Å²) in [7, 11) is 3.43. The highest BCUT2D eigenvalue weighted by atomic mass is 16.5. The van der Waals surface area contributed by atoms with E-state index in [2.05, 4.69) is 4.98 Å². The topological polar surface area (TPSA) is 64.4 Å². The molecule has 4 rings (SSSR count). The molecule has 0 atom stereocenters. The van der Waals surface area contributed by atoms with E-state index >= 15 is 0 Å². The smallest absolute Gasteiger partial charge is 0.328 e. The zero-order chi connectivity index (χ0) is 21.1. The van der Waals surface area contributed by atoms with Crippen LogP contribution in [0.2, 0.25) is 0 Å². The summed E-state index contributed by atoms with van der Waals surface area (Å²) < 4.78 is 7.54. The van der Waals surface area contributed by atoms with Gasteiger partial charge >= 0.3 is 6.03 Å². The fourth-order valence-electron chi connectivity index (χ4n) is 3.21. The van der Waals surface area contributed by atoms with Crippen LogP contribution < -0.4 is 4.74 Å². The van der Waals surface area contributed by atoms with E-state index in [0.29, 0.717) is 23.5 Å². The first-order valence-corrected chi connectivity index (χ1v) is 9.52. The normalized spacial score (nSPS) is 10.7. The van der Waals surface area contributed by atoms with Crippen LogP contribution in [0.25, 0.3) is 10.9 Å². The molecule has 6 heteroatoms. The van der Waals surface area contributed by atoms with Crippen LogP contribution in [0.3, 0.4) is 0 Å². The molecule has 150 valence electrons. The average molecular weight is 399 g/mol. The van der Waals surface area contributed by atoms with E-state index in [1.807, 2.05) is 42.5 Å². The highest BCUT2D eigenvalue weighted by Gasteiger charge is 2.12. The van der Waals surface area contributed by atoms with E-state index in [-0.39, 0.29) is 11.8 Å². The summed E-state index contributed by atoms with van der Waals surface area (Å²) in [4.78, 5) is 30.5. The molecule has 0 fully saturated rings. The molecule has 2 heterocycles. The second kappa shape index (κ2) is 8.21. The molecule has 0 aliphatic heterocycles. The molecule has 0 saturated heterocycles. The molecule has 0 unspecified atom stereocenters. The van der Waals surface area contributed by atoms with Crippen LogP contribution in [0.4, 0.5) is 4.79 Å². The molecule has 0 N–H and O–H groups in total. The SMILES string of the molecule is CN(C)C(=O)n1ccc2ccc(OCc3cccc(C(=O)c4cccnc4)c3)cc21. The van der Waals surface area contributed by atoms with Crippen molar-refractivity contribution in [2.24, 2.45) is 0 Å². The third kappa shape index (κ3) is 3.93. The lowest BCUT2D eigenvalue weighted by atomic mass is 10.0. The first kappa shape index (κ1) is 19.4. The third-order valence-electron chi connectivity index (χ3n) is 4.77. The van der Waals surface area contributed by atoms with Gasteiger partial charge in [0.25, 0.3) is 0 Å². The molecule has 0 bridgehead atoms. The van der Waals surface area contributed by atoms with Crippen molar-refractivity contribution in [1.82, 2.24) is 14.5 Å². The van der Waals surface area contributed by atoms with Gasteiger partial charge in [0.1, 0.15) is 12.4 Å². The number of pyridine rings is 1. The van der Waals surface area contributed by atoms with E-state index in [9.17, 15) is 9.59 Å². The van der Waals surface area contributed by atoms with E-state index in [4.69, 9.17) is 4.74 Å². The van der Waals surface area contributed by atoms with Gasteiger partial charge in [-0.25, -0.2) is 4.79 Å². The van der Waals surface area contributed by atoms with Crippen LogP contribution in [0.1, 0.15) is 21.5 Å². The maximum Gasteiger partial charge on any atom is 0.328 e. The Labute approximate surface area is 174 Å². The largest absolute Gasteiger partial charge is 0.489 e. The summed E-state index contributed by atoms with van der Waals surface area (Å²) in [5.41, 5.74) is 2.80. The third-order valence-corrected chi connectivity index (χ3v) is 4.77. The van der Waals surface area contributed by atoms with Crippen molar-refractivity contribution in [2.75, 3.05) is 14.1 Å². The van der Waals surface area contributed by atoms with Crippen LogP contribution in [0.15, 0.2) is 79.3 Å². The zero-order valence-electron chi connectivity index (χ0n) is 16.8. The summed E-state index contributed by atoms with van der Waals surface area (Å²) >= 11 is 0. The van der Waals surface area contributed by atoms with Gasteiger partial charge in [-0.1, -0.05) is 18.2 Å². The van der Waals surface area contributed by atoms with Crippen molar-refractivity contribution in [3.05, 3.63) is 95.9 Å². The molecule has 6 nitrogen and oxygen atoms in total. The molecule has 0 aliphatic rings. The lowest BCUT2D eigenvalue weighted by Crippen LogP contribution is -2.26. The highest BCUT2D eigenvalue weighted by molar-refractivity contribution is 6.08. The number of ether oxygens (including phenoxy) is 1. The van der Waals surface area contributed by atoms with Crippen LogP contribution >= 0.6 is 0 Å². The van der Waals surface area contributed by atoms with Crippen molar-refractivity contribution >= 4 is 22.7 Å². The maximum absolute atomic E-state index is 12.6.